The van der Waals surface area contributed by atoms with Gasteiger partial charge >= 0.3 is 0 Å². The standard InChI is InChI=1S/C23H25N3O2/c1-17-7-9-20(10-8-17)26-16-19(15-22(26)27)23(28)24-12-4-13-25-14-11-18-5-2-3-6-21(18)25/h2-3,5-11,14,19H,4,12-13,15-16H2,1H3,(H,24,28). The summed E-state index contributed by atoms with van der Waals surface area (Å²) in [7, 11) is 0. The van der Waals surface area contributed by atoms with Gasteiger partial charge in [0.25, 0.3) is 0 Å². The number of amides is 2. The molecule has 1 N–H and O–H groups in total. The lowest BCUT2D eigenvalue weighted by molar-refractivity contribution is -0.126. The zero-order chi connectivity index (χ0) is 19.5. The molecule has 1 aliphatic heterocycles. The number of carbonyl (C=O) groups is 2. The summed E-state index contributed by atoms with van der Waals surface area (Å²) in [6, 6.07) is 18.2. The monoisotopic (exact) mass is 375 g/mol. The second kappa shape index (κ2) is 7.89. The van der Waals surface area contributed by atoms with E-state index in [-0.39, 0.29) is 24.2 Å². The number of nitrogens with zero attached hydrogens (tertiary/aromatic N) is 2. The fourth-order valence-corrected chi connectivity index (χ4v) is 3.80. The number of carbonyl (C=O) groups excluding carboxylic acids is 2. The minimum absolute atomic E-state index is 0.0165. The molecule has 1 atom stereocenters. The number of hydrogen-bond acceptors (Lipinski definition) is 2. The Kier molecular flexibility index (Phi) is 5.15. The van der Waals surface area contributed by atoms with Gasteiger partial charge in [-0.1, -0.05) is 35.9 Å². The van der Waals surface area contributed by atoms with Gasteiger partial charge in [0.2, 0.25) is 11.8 Å². The minimum atomic E-state index is -0.277. The molecule has 0 radical (unpaired) electrons. The second-order valence-electron chi connectivity index (χ2n) is 7.45. The van der Waals surface area contributed by atoms with Gasteiger partial charge in [-0.15, -0.1) is 0 Å². The summed E-state index contributed by atoms with van der Waals surface area (Å²) < 4.78 is 2.21. The first kappa shape index (κ1) is 18.3. The van der Waals surface area contributed by atoms with Crippen LogP contribution in [0.25, 0.3) is 10.9 Å². The normalized spacial score (nSPS) is 16.7. The molecule has 1 aromatic heterocycles. The number of aryl methyl sites for hydroxylation is 2. The van der Waals surface area contributed by atoms with Gasteiger partial charge in [0.05, 0.1) is 5.92 Å². The quantitative estimate of drug-likeness (QED) is 0.671. The van der Waals surface area contributed by atoms with E-state index in [2.05, 4.69) is 34.3 Å². The number of rotatable bonds is 6. The van der Waals surface area contributed by atoms with E-state index >= 15 is 0 Å². The van der Waals surface area contributed by atoms with Crippen LogP contribution >= 0.6 is 0 Å². The van der Waals surface area contributed by atoms with Crippen molar-refractivity contribution in [3.63, 3.8) is 0 Å². The van der Waals surface area contributed by atoms with Crippen LogP contribution in [0.2, 0.25) is 0 Å². The van der Waals surface area contributed by atoms with Gasteiger partial charge in [-0.25, -0.2) is 0 Å². The number of anilines is 1. The summed E-state index contributed by atoms with van der Waals surface area (Å²) in [4.78, 5) is 26.5. The predicted molar refractivity (Wildman–Crippen MR) is 111 cm³/mol. The van der Waals surface area contributed by atoms with E-state index in [0.717, 1.165) is 24.2 Å². The van der Waals surface area contributed by atoms with Crippen LogP contribution < -0.4 is 10.2 Å². The molecule has 1 unspecified atom stereocenters. The Bertz CT molecular complexity index is 991. The highest BCUT2D eigenvalue weighted by Crippen LogP contribution is 2.25. The molecule has 3 aromatic rings. The average Bonchev–Trinajstić information content (AvgIpc) is 3.29. The second-order valence-corrected chi connectivity index (χ2v) is 7.45. The molecule has 2 aromatic carbocycles. The summed E-state index contributed by atoms with van der Waals surface area (Å²) in [6.45, 7) is 3.94. The summed E-state index contributed by atoms with van der Waals surface area (Å²) in [5.41, 5.74) is 3.23. The van der Waals surface area contributed by atoms with Gasteiger partial charge in [-0.05, 0) is 43.0 Å². The van der Waals surface area contributed by atoms with E-state index in [1.165, 1.54) is 10.9 Å². The molecule has 1 saturated heterocycles. The Morgan fingerprint density at radius 3 is 2.71 bits per heavy atom. The maximum absolute atomic E-state index is 12.5. The van der Waals surface area contributed by atoms with Crippen molar-refractivity contribution in [3.05, 3.63) is 66.4 Å². The lowest BCUT2D eigenvalue weighted by atomic mass is 10.1. The van der Waals surface area contributed by atoms with Crippen LogP contribution in [0.3, 0.4) is 0 Å². The SMILES string of the molecule is Cc1ccc(N2CC(C(=O)NCCCn3ccc4ccccc43)CC2=O)cc1. The fraction of sp³-hybridized carbons (Fsp3) is 0.304. The highest BCUT2D eigenvalue weighted by molar-refractivity contribution is 6.00. The summed E-state index contributed by atoms with van der Waals surface area (Å²) in [6.07, 6.45) is 3.22. The molecular formula is C23H25N3O2. The molecule has 5 heteroatoms. The first-order valence-electron chi connectivity index (χ1n) is 9.80. The van der Waals surface area contributed by atoms with Crippen LogP contribution in [0.15, 0.2) is 60.8 Å². The molecule has 1 fully saturated rings. The highest BCUT2D eigenvalue weighted by atomic mass is 16.2. The molecule has 144 valence electrons. The van der Waals surface area contributed by atoms with Crippen molar-refractivity contribution in [2.75, 3.05) is 18.0 Å². The molecule has 5 nitrogen and oxygen atoms in total. The fourth-order valence-electron chi connectivity index (χ4n) is 3.80. The van der Waals surface area contributed by atoms with Crippen LogP contribution in [0, 0.1) is 12.8 Å². The van der Waals surface area contributed by atoms with Gasteiger partial charge in [0, 0.05) is 43.5 Å². The molecule has 0 spiro atoms. The van der Waals surface area contributed by atoms with Crippen LogP contribution in [-0.2, 0) is 16.1 Å². The Morgan fingerprint density at radius 2 is 1.89 bits per heavy atom. The molecule has 0 saturated carbocycles. The third kappa shape index (κ3) is 3.79. The van der Waals surface area contributed by atoms with Crippen molar-refractivity contribution in [1.29, 1.82) is 0 Å². The van der Waals surface area contributed by atoms with Gasteiger partial charge in [-0.2, -0.15) is 0 Å². The van der Waals surface area contributed by atoms with Crippen molar-refractivity contribution < 1.29 is 9.59 Å². The number of nitrogens with one attached hydrogen (secondary N) is 1. The molecule has 1 aliphatic rings. The highest BCUT2D eigenvalue weighted by Gasteiger charge is 2.34. The van der Waals surface area contributed by atoms with E-state index in [9.17, 15) is 9.59 Å². The average molecular weight is 375 g/mol. The zero-order valence-corrected chi connectivity index (χ0v) is 16.1. The maximum atomic E-state index is 12.5. The Balaban J connectivity index is 1.27. The lowest BCUT2D eigenvalue weighted by Gasteiger charge is -2.17. The molecule has 28 heavy (non-hydrogen) atoms. The van der Waals surface area contributed by atoms with E-state index in [0.29, 0.717) is 13.1 Å². The molecule has 2 amide bonds. The van der Waals surface area contributed by atoms with Crippen LogP contribution in [0.4, 0.5) is 5.69 Å². The third-order valence-corrected chi connectivity index (χ3v) is 5.40. The Morgan fingerprint density at radius 1 is 1.11 bits per heavy atom. The number of benzene rings is 2. The zero-order valence-electron chi connectivity index (χ0n) is 16.1. The third-order valence-electron chi connectivity index (χ3n) is 5.40. The molecular weight excluding hydrogens is 350 g/mol. The van der Waals surface area contributed by atoms with Crippen molar-refractivity contribution in [2.45, 2.75) is 26.3 Å². The van der Waals surface area contributed by atoms with Gasteiger partial charge in [0.15, 0.2) is 0 Å². The van der Waals surface area contributed by atoms with Gasteiger partial charge < -0.3 is 14.8 Å². The smallest absolute Gasteiger partial charge is 0.227 e. The first-order valence-corrected chi connectivity index (χ1v) is 9.80. The van der Waals surface area contributed by atoms with Gasteiger partial charge in [0.1, 0.15) is 0 Å². The van der Waals surface area contributed by atoms with Crippen molar-refractivity contribution in [2.24, 2.45) is 5.92 Å². The molecule has 4 rings (SSSR count). The van der Waals surface area contributed by atoms with E-state index in [4.69, 9.17) is 0 Å². The topological polar surface area (TPSA) is 54.3 Å². The van der Waals surface area contributed by atoms with Crippen LogP contribution in [0.5, 0.6) is 0 Å². The summed E-state index contributed by atoms with van der Waals surface area (Å²) >= 11 is 0. The van der Waals surface area contributed by atoms with Crippen molar-refractivity contribution in [1.82, 2.24) is 9.88 Å². The lowest BCUT2D eigenvalue weighted by Crippen LogP contribution is -2.33. The number of hydrogen-bond donors (Lipinski definition) is 1. The molecule has 2 heterocycles. The van der Waals surface area contributed by atoms with Crippen LogP contribution in [-0.4, -0.2) is 29.5 Å². The molecule has 0 aliphatic carbocycles. The van der Waals surface area contributed by atoms with E-state index < -0.39 is 0 Å². The van der Waals surface area contributed by atoms with Crippen LogP contribution in [0.1, 0.15) is 18.4 Å². The molecule has 0 bridgehead atoms. The number of para-hydroxylation sites is 1. The number of aromatic nitrogens is 1. The Hall–Kier alpha value is -3.08. The first-order chi connectivity index (χ1) is 13.6. The van der Waals surface area contributed by atoms with E-state index in [1.54, 1.807) is 4.90 Å². The van der Waals surface area contributed by atoms with Crippen molar-refractivity contribution in [3.8, 4) is 0 Å². The van der Waals surface area contributed by atoms with Crippen molar-refractivity contribution >= 4 is 28.4 Å². The number of fused-ring (bicyclic) bond motifs is 1. The predicted octanol–water partition coefficient (Wildman–Crippen LogP) is 3.51. The largest absolute Gasteiger partial charge is 0.356 e. The summed E-state index contributed by atoms with van der Waals surface area (Å²) in [5, 5.41) is 4.23. The maximum Gasteiger partial charge on any atom is 0.227 e. The Labute approximate surface area is 165 Å². The summed E-state index contributed by atoms with van der Waals surface area (Å²) in [5.74, 6) is -0.288. The van der Waals surface area contributed by atoms with E-state index in [1.807, 2.05) is 43.3 Å². The minimum Gasteiger partial charge on any atom is -0.356 e. The van der Waals surface area contributed by atoms with Gasteiger partial charge in [-0.3, -0.25) is 9.59 Å².